The summed E-state index contributed by atoms with van der Waals surface area (Å²) < 4.78 is 4.60. The summed E-state index contributed by atoms with van der Waals surface area (Å²) in [5.74, 6) is 0.681. The zero-order valence-electron chi connectivity index (χ0n) is 7.11. The predicted molar refractivity (Wildman–Crippen MR) is 53.6 cm³/mol. The van der Waals surface area contributed by atoms with E-state index in [1.54, 1.807) is 5.38 Å². The van der Waals surface area contributed by atoms with Crippen molar-refractivity contribution < 1.29 is 4.52 Å². The Labute approximate surface area is 89.1 Å². The van der Waals surface area contributed by atoms with Crippen LogP contribution in [0.5, 0.6) is 0 Å². The van der Waals surface area contributed by atoms with Crippen molar-refractivity contribution in [3.63, 3.8) is 0 Å². The monoisotopic (exact) mass is 230 g/mol. The van der Waals surface area contributed by atoms with E-state index in [1.165, 1.54) is 17.7 Å². The van der Waals surface area contributed by atoms with Crippen LogP contribution in [0.1, 0.15) is 5.82 Å². The standard InChI is InChI=1S/C7H7ClN4OS/c8-5-3-14-7(11-5)9-2-1-6-10-4-13-12-6/h3-4H,1-2H2,(H,9,11). The molecule has 2 aromatic rings. The fraction of sp³-hybridized carbons (Fsp3) is 0.286. The number of aromatic nitrogens is 3. The molecule has 0 unspecified atom stereocenters. The molecule has 2 rings (SSSR count). The van der Waals surface area contributed by atoms with Crippen molar-refractivity contribution in [1.82, 2.24) is 15.1 Å². The lowest BCUT2D eigenvalue weighted by atomic mass is 10.4. The lowest BCUT2D eigenvalue weighted by Gasteiger charge is -1.97. The van der Waals surface area contributed by atoms with Crippen LogP contribution in [-0.4, -0.2) is 21.7 Å². The number of thiazole rings is 1. The van der Waals surface area contributed by atoms with Crippen molar-refractivity contribution in [2.24, 2.45) is 0 Å². The van der Waals surface area contributed by atoms with Crippen LogP contribution in [0.25, 0.3) is 0 Å². The Kier molecular flexibility index (Phi) is 2.95. The lowest BCUT2D eigenvalue weighted by Crippen LogP contribution is -2.05. The highest BCUT2D eigenvalue weighted by Gasteiger charge is 2.00. The van der Waals surface area contributed by atoms with Crippen LogP contribution in [0.3, 0.4) is 0 Å². The molecule has 0 amide bonds. The van der Waals surface area contributed by atoms with Gasteiger partial charge in [0.1, 0.15) is 5.15 Å². The van der Waals surface area contributed by atoms with E-state index >= 15 is 0 Å². The third kappa shape index (κ3) is 2.43. The summed E-state index contributed by atoms with van der Waals surface area (Å²) in [6.45, 7) is 0.712. The lowest BCUT2D eigenvalue weighted by molar-refractivity contribution is 0.410. The molecule has 74 valence electrons. The normalized spacial score (nSPS) is 10.4. The van der Waals surface area contributed by atoms with E-state index in [0.29, 0.717) is 23.9 Å². The minimum atomic E-state index is 0.511. The fourth-order valence-electron chi connectivity index (χ4n) is 0.919. The zero-order chi connectivity index (χ0) is 9.80. The first-order chi connectivity index (χ1) is 6.84. The molecule has 14 heavy (non-hydrogen) atoms. The number of hydrogen-bond acceptors (Lipinski definition) is 6. The molecule has 2 aromatic heterocycles. The zero-order valence-corrected chi connectivity index (χ0v) is 8.68. The highest BCUT2D eigenvalue weighted by molar-refractivity contribution is 7.14. The molecule has 7 heteroatoms. The highest BCUT2D eigenvalue weighted by atomic mass is 35.5. The molecule has 0 aliphatic heterocycles. The summed E-state index contributed by atoms with van der Waals surface area (Å²) in [6.07, 6.45) is 2.02. The molecule has 0 spiro atoms. The van der Waals surface area contributed by atoms with Crippen molar-refractivity contribution >= 4 is 28.1 Å². The Bertz CT molecular complexity index is 388. The second kappa shape index (κ2) is 4.39. The average molecular weight is 231 g/mol. The molecule has 0 radical (unpaired) electrons. The van der Waals surface area contributed by atoms with Crippen LogP contribution in [-0.2, 0) is 6.42 Å². The molecule has 0 atom stereocenters. The molecule has 0 aliphatic carbocycles. The number of nitrogens with one attached hydrogen (secondary N) is 1. The smallest absolute Gasteiger partial charge is 0.213 e. The number of anilines is 1. The molecule has 0 aromatic carbocycles. The van der Waals surface area contributed by atoms with Crippen molar-refractivity contribution in [2.45, 2.75) is 6.42 Å². The van der Waals surface area contributed by atoms with Crippen LogP contribution in [0.15, 0.2) is 16.3 Å². The minimum absolute atomic E-state index is 0.511. The summed E-state index contributed by atoms with van der Waals surface area (Å²) in [6, 6.07) is 0. The van der Waals surface area contributed by atoms with Crippen molar-refractivity contribution in [1.29, 1.82) is 0 Å². The first-order valence-electron chi connectivity index (χ1n) is 3.95. The Morgan fingerprint density at radius 1 is 1.57 bits per heavy atom. The van der Waals surface area contributed by atoms with Gasteiger partial charge in [0.05, 0.1) is 0 Å². The average Bonchev–Trinajstić information content (AvgIpc) is 2.77. The molecule has 0 fully saturated rings. The molecule has 5 nitrogen and oxygen atoms in total. The Morgan fingerprint density at radius 2 is 2.50 bits per heavy atom. The Hall–Kier alpha value is -1.14. The maximum absolute atomic E-state index is 5.66. The largest absolute Gasteiger partial charge is 0.361 e. The number of nitrogens with zero attached hydrogens (tertiary/aromatic N) is 3. The maximum atomic E-state index is 5.66. The molecule has 0 bridgehead atoms. The van der Waals surface area contributed by atoms with Gasteiger partial charge in [-0.2, -0.15) is 4.98 Å². The van der Waals surface area contributed by atoms with Gasteiger partial charge in [-0.1, -0.05) is 16.8 Å². The van der Waals surface area contributed by atoms with Gasteiger partial charge in [0.15, 0.2) is 11.0 Å². The van der Waals surface area contributed by atoms with E-state index in [0.717, 1.165) is 5.13 Å². The van der Waals surface area contributed by atoms with Crippen molar-refractivity contribution in [2.75, 3.05) is 11.9 Å². The molecule has 0 saturated heterocycles. The van der Waals surface area contributed by atoms with Crippen LogP contribution >= 0.6 is 22.9 Å². The summed E-state index contributed by atoms with van der Waals surface area (Å²) in [4.78, 5) is 7.93. The topological polar surface area (TPSA) is 63.8 Å². The predicted octanol–water partition coefficient (Wildman–Crippen LogP) is 1.83. The van der Waals surface area contributed by atoms with Crippen molar-refractivity contribution in [3.8, 4) is 0 Å². The van der Waals surface area contributed by atoms with Crippen molar-refractivity contribution in [3.05, 3.63) is 22.8 Å². The maximum Gasteiger partial charge on any atom is 0.213 e. The fourth-order valence-corrected chi connectivity index (χ4v) is 1.79. The van der Waals surface area contributed by atoms with Crippen LogP contribution < -0.4 is 5.32 Å². The van der Waals surface area contributed by atoms with E-state index in [-0.39, 0.29) is 0 Å². The van der Waals surface area contributed by atoms with E-state index in [9.17, 15) is 0 Å². The highest BCUT2D eigenvalue weighted by Crippen LogP contribution is 2.18. The second-order valence-corrected chi connectivity index (χ2v) is 3.74. The molecule has 2 heterocycles. The summed E-state index contributed by atoms with van der Waals surface area (Å²) >= 11 is 7.13. The van der Waals surface area contributed by atoms with E-state index < -0.39 is 0 Å². The van der Waals surface area contributed by atoms with Crippen LogP contribution in [0.2, 0.25) is 5.15 Å². The van der Waals surface area contributed by atoms with Gasteiger partial charge >= 0.3 is 0 Å². The molecule has 0 saturated carbocycles. The minimum Gasteiger partial charge on any atom is -0.361 e. The first-order valence-corrected chi connectivity index (χ1v) is 5.20. The third-order valence-corrected chi connectivity index (χ3v) is 2.63. The van der Waals surface area contributed by atoms with Gasteiger partial charge in [0.25, 0.3) is 0 Å². The van der Waals surface area contributed by atoms with Gasteiger partial charge in [0.2, 0.25) is 6.39 Å². The summed E-state index contributed by atoms with van der Waals surface area (Å²) in [5, 5.41) is 9.88. The number of hydrogen-bond donors (Lipinski definition) is 1. The third-order valence-electron chi connectivity index (χ3n) is 1.51. The second-order valence-electron chi connectivity index (χ2n) is 2.50. The molecule has 1 N–H and O–H groups in total. The Balaban J connectivity index is 1.78. The van der Waals surface area contributed by atoms with Gasteiger partial charge in [-0.15, -0.1) is 11.3 Å². The van der Waals surface area contributed by atoms with Gasteiger partial charge in [0, 0.05) is 18.3 Å². The van der Waals surface area contributed by atoms with Crippen LogP contribution in [0, 0.1) is 0 Å². The molecular weight excluding hydrogens is 224 g/mol. The molecular formula is C7H7ClN4OS. The quantitative estimate of drug-likeness (QED) is 0.868. The van der Waals surface area contributed by atoms with Gasteiger partial charge in [-0.05, 0) is 0 Å². The first kappa shape index (κ1) is 9.42. The summed E-state index contributed by atoms with van der Waals surface area (Å²) in [5.41, 5.74) is 0. The SMILES string of the molecule is Clc1csc(NCCc2ncon2)n1. The van der Waals surface area contributed by atoms with Gasteiger partial charge in [-0.25, -0.2) is 4.98 Å². The number of rotatable bonds is 4. The van der Waals surface area contributed by atoms with Gasteiger partial charge in [-0.3, -0.25) is 0 Å². The molecule has 0 aliphatic rings. The van der Waals surface area contributed by atoms with E-state index in [1.807, 2.05) is 0 Å². The Morgan fingerprint density at radius 3 is 3.14 bits per heavy atom. The summed E-state index contributed by atoms with van der Waals surface area (Å²) in [7, 11) is 0. The van der Waals surface area contributed by atoms with E-state index in [4.69, 9.17) is 11.6 Å². The van der Waals surface area contributed by atoms with E-state index in [2.05, 4.69) is 25.0 Å². The van der Waals surface area contributed by atoms with Crippen LogP contribution in [0.4, 0.5) is 5.13 Å². The number of halogens is 1. The van der Waals surface area contributed by atoms with Gasteiger partial charge < -0.3 is 9.84 Å².